The largest absolute Gasteiger partial charge is 0.497 e. The van der Waals surface area contributed by atoms with E-state index in [0.717, 1.165) is 56.8 Å². The van der Waals surface area contributed by atoms with E-state index in [-0.39, 0.29) is 0 Å². The zero-order valence-corrected chi connectivity index (χ0v) is 16.6. The van der Waals surface area contributed by atoms with Crippen LogP contribution in [0.4, 0.5) is 0 Å². The summed E-state index contributed by atoms with van der Waals surface area (Å²) in [5.41, 5.74) is 6.64. The van der Waals surface area contributed by atoms with E-state index in [1.54, 1.807) is 26.6 Å². The van der Waals surface area contributed by atoms with Crippen LogP contribution < -0.4 is 9.47 Å². The van der Waals surface area contributed by atoms with Gasteiger partial charge in [-0.05, 0) is 54.5 Å². The molecule has 0 saturated carbocycles. The molecule has 0 radical (unpaired) electrons. The van der Waals surface area contributed by atoms with E-state index in [4.69, 9.17) is 9.47 Å². The third kappa shape index (κ3) is 3.94. The Morgan fingerprint density at radius 1 is 0.964 bits per heavy atom. The van der Waals surface area contributed by atoms with Gasteiger partial charge in [-0.25, -0.2) is 4.98 Å². The predicted octanol–water partition coefficient (Wildman–Crippen LogP) is 3.70. The fourth-order valence-corrected chi connectivity index (χ4v) is 4.15. The molecular formula is C23H27N3O2. The molecule has 1 aliphatic heterocycles. The van der Waals surface area contributed by atoms with Gasteiger partial charge in [0.25, 0.3) is 0 Å². The van der Waals surface area contributed by atoms with Crippen LogP contribution in [0.3, 0.4) is 0 Å². The standard InChI is InChI=1S/C23H27N3O2/c1-27-19-5-6-21-18(16-19)15-17(9-14-26-12-3-4-13-26)20(21)7-8-22-23(28-2)25-11-10-24-22/h3-6,10-11,16H,7-9,12-15H2,1-2H3. The van der Waals surface area contributed by atoms with Gasteiger partial charge in [-0.3, -0.25) is 9.88 Å². The first-order valence-corrected chi connectivity index (χ1v) is 9.88. The third-order valence-corrected chi connectivity index (χ3v) is 5.63. The summed E-state index contributed by atoms with van der Waals surface area (Å²) in [6.45, 7) is 3.24. The summed E-state index contributed by atoms with van der Waals surface area (Å²) in [6, 6.07) is 6.46. The lowest BCUT2D eigenvalue weighted by molar-refractivity contribution is 0.356. The molecule has 0 spiro atoms. The van der Waals surface area contributed by atoms with Crippen molar-refractivity contribution >= 4 is 5.57 Å². The highest BCUT2D eigenvalue weighted by Gasteiger charge is 2.23. The highest BCUT2D eigenvalue weighted by atomic mass is 16.5. The number of benzene rings is 1. The molecule has 0 atom stereocenters. The number of hydrogen-bond acceptors (Lipinski definition) is 5. The van der Waals surface area contributed by atoms with Gasteiger partial charge in [0.1, 0.15) is 11.4 Å². The quantitative estimate of drug-likeness (QED) is 0.657. The first-order valence-electron chi connectivity index (χ1n) is 9.88. The molecule has 0 amide bonds. The van der Waals surface area contributed by atoms with Crippen LogP contribution in [0, 0.1) is 0 Å². The normalized spacial score (nSPS) is 15.9. The topological polar surface area (TPSA) is 47.5 Å². The Labute approximate surface area is 166 Å². The van der Waals surface area contributed by atoms with E-state index < -0.39 is 0 Å². The fraction of sp³-hybridized carbons (Fsp3) is 0.391. The summed E-state index contributed by atoms with van der Waals surface area (Å²) >= 11 is 0. The number of methoxy groups -OCH3 is 2. The summed E-state index contributed by atoms with van der Waals surface area (Å²) in [7, 11) is 3.38. The number of allylic oxidation sites excluding steroid dienone is 1. The van der Waals surface area contributed by atoms with Crippen molar-refractivity contribution in [2.45, 2.75) is 25.7 Å². The van der Waals surface area contributed by atoms with Gasteiger partial charge in [0.2, 0.25) is 5.88 Å². The summed E-state index contributed by atoms with van der Waals surface area (Å²) in [6.07, 6.45) is 11.8. The van der Waals surface area contributed by atoms with Gasteiger partial charge in [-0.15, -0.1) is 0 Å². The average Bonchev–Trinajstić information content (AvgIpc) is 3.37. The first-order chi connectivity index (χ1) is 13.8. The minimum atomic E-state index is 0.626. The van der Waals surface area contributed by atoms with Crippen molar-refractivity contribution in [3.8, 4) is 11.6 Å². The minimum absolute atomic E-state index is 0.626. The van der Waals surface area contributed by atoms with Crippen LogP contribution in [0.5, 0.6) is 11.6 Å². The first kappa shape index (κ1) is 18.7. The lowest BCUT2D eigenvalue weighted by atomic mass is 9.98. The Balaban J connectivity index is 1.55. The fourth-order valence-electron chi connectivity index (χ4n) is 4.15. The van der Waals surface area contributed by atoms with E-state index in [2.05, 4.69) is 45.2 Å². The second-order valence-corrected chi connectivity index (χ2v) is 7.28. The third-order valence-electron chi connectivity index (χ3n) is 5.63. The lowest BCUT2D eigenvalue weighted by Crippen LogP contribution is -2.21. The second kappa shape index (κ2) is 8.57. The van der Waals surface area contributed by atoms with Crippen molar-refractivity contribution < 1.29 is 9.47 Å². The highest BCUT2D eigenvalue weighted by Crippen LogP contribution is 2.39. The molecule has 0 N–H and O–H groups in total. The van der Waals surface area contributed by atoms with Gasteiger partial charge >= 0.3 is 0 Å². The van der Waals surface area contributed by atoms with Crippen LogP contribution >= 0.6 is 0 Å². The maximum absolute atomic E-state index is 5.44. The van der Waals surface area contributed by atoms with Crippen LogP contribution in [0.2, 0.25) is 0 Å². The van der Waals surface area contributed by atoms with Crippen molar-refractivity contribution in [2.24, 2.45) is 0 Å². The number of nitrogens with zero attached hydrogens (tertiary/aromatic N) is 3. The van der Waals surface area contributed by atoms with E-state index >= 15 is 0 Å². The Hall–Kier alpha value is -2.66. The number of hydrogen-bond donors (Lipinski definition) is 0. The number of aromatic nitrogens is 2. The molecule has 1 aromatic carbocycles. The maximum Gasteiger partial charge on any atom is 0.235 e. The zero-order valence-electron chi connectivity index (χ0n) is 16.6. The molecule has 4 rings (SSSR count). The van der Waals surface area contributed by atoms with E-state index in [0.29, 0.717) is 5.88 Å². The molecule has 2 heterocycles. The van der Waals surface area contributed by atoms with Gasteiger partial charge in [0.05, 0.1) is 14.2 Å². The molecule has 2 aromatic rings. The number of rotatable bonds is 8. The van der Waals surface area contributed by atoms with Gasteiger partial charge < -0.3 is 9.47 Å². The van der Waals surface area contributed by atoms with E-state index in [1.165, 1.54) is 22.3 Å². The predicted molar refractivity (Wildman–Crippen MR) is 111 cm³/mol. The molecule has 5 heteroatoms. The molecule has 1 aliphatic carbocycles. The monoisotopic (exact) mass is 377 g/mol. The summed E-state index contributed by atoms with van der Waals surface area (Å²) < 4.78 is 10.8. The molecule has 1 aromatic heterocycles. The smallest absolute Gasteiger partial charge is 0.235 e. The van der Waals surface area contributed by atoms with Crippen LogP contribution in [0.1, 0.15) is 29.7 Å². The summed E-state index contributed by atoms with van der Waals surface area (Å²) in [5, 5.41) is 0. The average molecular weight is 377 g/mol. The van der Waals surface area contributed by atoms with Gasteiger partial charge in [0, 0.05) is 32.0 Å². The lowest BCUT2D eigenvalue weighted by Gasteiger charge is -2.16. The summed E-state index contributed by atoms with van der Waals surface area (Å²) in [4.78, 5) is 11.3. The van der Waals surface area contributed by atoms with Crippen LogP contribution in [-0.4, -0.2) is 48.7 Å². The van der Waals surface area contributed by atoms with Crippen molar-refractivity contribution in [1.82, 2.24) is 14.9 Å². The molecular weight excluding hydrogens is 350 g/mol. The molecule has 2 aliphatic rings. The van der Waals surface area contributed by atoms with Gasteiger partial charge in [0.15, 0.2) is 0 Å². The molecule has 0 fully saturated rings. The Morgan fingerprint density at radius 3 is 2.57 bits per heavy atom. The minimum Gasteiger partial charge on any atom is -0.497 e. The SMILES string of the molecule is COc1ccc2c(c1)CC(CCN1CC=CC1)=C2CCc1nccnc1OC. The summed E-state index contributed by atoms with van der Waals surface area (Å²) in [5.74, 6) is 1.56. The number of aryl methyl sites for hydroxylation is 1. The van der Waals surface area contributed by atoms with Crippen molar-refractivity contribution in [3.05, 3.63) is 65.1 Å². The van der Waals surface area contributed by atoms with Crippen molar-refractivity contribution in [1.29, 1.82) is 0 Å². The Morgan fingerprint density at radius 2 is 1.79 bits per heavy atom. The van der Waals surface area contributed by atoms with Gasteiger partial charge in [-0.1, -0.05) is 23.8 Å². The number of fused-ring (bicyclic) bond motifs is 1. The van der Waals surface area contributed by atoms with Gasteiger partial charge in [-0.2, -0.15) is 0 Å². The molecule has 0 unspecified atom stereocenters. The Bertz CT molecular complexity index is 896. The molecule has 28 heavy (non-hydrogen) atoms. The van der Waals surface area contributed by atoms with Crippen molar-refractivity contribution in [2.75, 3.05) is 33.9 Å². The van der Waals surface area contributed by atoms with Crippen molar-refractivity contribution in [3.63, 3.8) is 0 Å². The highest BCUT2D eigenvalue weighted by molar-refractivity contribution is 5.77. The zero-order chi connectivity index (χ0) is 19.3. The molecule has 0 saturated heterocycles. The molecule has 0 bridgehead atoms. The second-order valence-electron chi connectivity index (χ2n) is 7.28. The van der Waals surface area contributed by atoms with E-state index in [9.17, 15) is 0 Å². The molecule has 146 valence electrons. The van der Waals surface area contributed by atoms with Crippen LogP contribution in [0.25, 0.3) is 5.57 Å². The van der Waals surface area contributed by atoms with Crippen LogP contribution in [0.15, 0.2) is 48.3 Å². The molecule has 5 nitrogen and oxygen atoms in total. The number of ether oxygens (including phenoxy) is 2. The van der Waals surface area contributed by atoms with E-state index in [1.807, 2.05) is 0 Å². The van der Waals surface area contributed by atoms with Crippen LogP contribution in [-0.2, 0) is 12.8 Å². The Kier molecular flexibility index (Phi) is 5.72. The maximum atomic E-state index is 5.44.